The topological polar surface area (TPSA) is 18.5 Å². The molecule has 3 nitrogen and oxygen atoms in total. The van der Waals surface area contributed by atoms with Crippen LogP contribution in [0.4, 0.5) is 0 Å². The van der Waals surface area contributed by atoms with E-state index >= 15 is 0 Å². The van der Waals surface area contributed by atoms with Crippen LogP contribution in [0, 0.1) is 0 Å². The van der Waals surface area contributed by atoms with Gasteiger partial charge in [-0.05, 0) is 32.4 Å². The molecule has 3 heteroatoms. The van der Waals surface area contributed by atoms with Crippen molar-refractivity contribution in [3.05, 3.63) is 0 Å². The largest absolute Gasteiger partial charge is 0.315 e. The van der Waals surface area contributed by atoms with Gasteiger partial charge in [0, 0.05) is 38.8 Å². The second kappa shape index (κ2) is 9.76. The Morgan fingerprint density at radius 2 is 1.67 bits per heavy atom. The molecule has 1 heterocycles. The second-order valence-electron chi connectivity index (χ2n) is 5.52. The molecule has 108 valence electrons. The van der Waals surface area contributed by atoms with Crippen LogP contribution in [0.3, 0.4) is 0 Å². The summed E-state index contributed by atoms with van der Waals surface area (Å²) in [6.45, 7) is 15.5. The van der Waals surface area contributed by atoms with Gasteiger partial charge in [0.25, 0.3) is 0 Å². The Kier molecular flexibility index (Phi) is 8.64. The Morgan fingerprint density at radius 1 is 0.944 bits per heavy atom. The summed E-state index contributed by atoms with van der Waals surface area (Å²) < 4.78 is 0. The lowest BCUT2D eigenvalue weighted by Crippen LogP contribution is -2.52. The van der Waals surface area contributed by atoms with Crippen molar-refractivity contribution in [3.63, 3.8) is 0 Å². The summed E-state index contributed by atoms with van der Waals surface area (Å²) in [5.41, 5.74) is 0. The van der Waals surface area contributed by atoms with E-state index in [1.165, 1.54) is 65.0 Å². The lowest BCUT2D eigenvalue weighted by atomic mass is 10.1. The first kappa shape index (κ1) is 15.9. The average Bonchev–Trinajstić information content (AvgIpc) is 2.39. The predicted molar refractivity (Wildman–Crippen MR) is 80.2 cm³/mol. The van der Waals surface area contributed by atoms with Crippen molar-refractivity contribution >= 4 is 0 Å². The van der Waals surface area contributed by atoms with Gasteiger partial charge < -0.3 is 10.2 Å². The van der Waals surface area contributed by atoms with Gasteiger partial charge in [0.15, 0.2) is 0 Å². The zero-order valence-corrected chi connectivity index (χ0v) is 12.7. The minimum absolute atomic E-state index is 0.755. The summed E-state index contributed by atoms with van der Waals surface area (Å²) >= 11 is 0. The fourth-order valence-corrected chi connectivity index (χ4v) is 2.86. The molecule has 1 aliphatic heterocycles. The predicted octanol–water partition coefficient (Wildman–Crippen LogP) is 2.18. The van der Waals surface area contributed by atoms with Crippen LogP contribution in [0.25, 0.3) is 0 Å². The van der Waals surface area contributed by atoms with E-state index in [2.05, 4.69) is 35.9 Å². The molecule has 1 fully saturated rings. The van der Waals surface area contributed by atoms with Gasteiger partial charge in [0.2, 0.25) is 0 Å². The van der Waals surface area contributed by atoms with Crippen molar-refractivity contribution in [1.82, 2.24) is 15.1 Å². The molecule has 0 amide bonds. The average molecular weight is 255 g/mol. The third-order valence-electron chi connectivity index (χ3n) is 3.89. The second-order valence-corrected chi connectivity index (χ2v) is 5.52. The van der Waals surface area contributed by atoms with Crippen LogP contribution in [0.2, 0.25) is 0 Å². The molecule has 1 aliphatic rings. The number of nitrogens with zero attached hydrogens (tertiary/aromatic N) is 2. The summed E-state index contributed by atoms with van der Waals surface area (Å²) in [7, 11) is 0. The maximum Gasteiger partial charge on any atom is 0.0221 e. The maximum atomic E-state index is 3.60. The van der Waals surface area contributed by atoms with Crippen LogP contribution in [0.1, 0.15) is 46.5 Å². The smallest absolute Gasteiger partial charge is 0.0221 e. The van der Waals surface area contributed by atoms with Crippen molar-refractivity contribution in [2.45, 2.75) is 52.5 Å². The van der Waals surface area contributed by atoms with E-state index in [-0.39, 0.29) is 0 Å². The molecule has 0 aromatic heterocycles. The summed E-state index contributed by atoms with van der Waals surface area (Å²) in [5, 5.41) is 3.60. The molecule has 1 atom stereocenters. The van der Waals surface area contributed by atoms with E-state index < -0.39 is 0 Å². The van der Waals surface area contributed by atoms with E-state index in [9.17, 15) is 0 Å². The van der Waals surface area contributed by atoms with E-state index in [0.717, 1.165) is 12.6 Å². The van der Waals surface area contributed by atoms with E-state index in [0.29, 0.717) is 0 Å². The van der Waals surface area contributed by atoms with Gasteiger partial charge in [-0.1, -0.05) is 27.2 Å². The van der Waals surface area contributed by atoms with Crippen LogP contribution in [0.15, 0.2) is 0 Å². The molecular weight excluding hydrogens is 222 g/mol. The summed E-state index contributed by atoms with van der Waals surface area (Å²) in [5.74, 6) is 0. The first-order valence-electron chi connectivity index (χ1n) is 7.98. The fourth-order valence-electron chi connectivity index (χ4n) is 2.86. The van der Waals surface area contributed by atoms with Crippen molar-refractivity contribution in [3.8, 4) is 0 Å². The number of hydrogen-bond acceptors (Lipinski definition) is 3. The minimum atomic E-state index is 0.755. The van der Waals surface area contributed by atoms with Crippen LogP contribution in [0.5, 0.6) is 0 Å². The normalized spacial score (nSPS) is 20.2. The first-order chi connectivity index (χ1) is 8.81. The third-order valence-corrected chi connectivity index (χ3v) is 3.89. The maximum absolute atomic E-state index is 3.60. The third kappa shape index (κ3) is 5.68. The molecular formula is C15H33N3. The Hall–Kier alpha value is -0.120. The molecule has 1 N–H and O–H groups in total. The summed E-state index contributed by atoms with van der Waals surface area (Å²) in [6.07, 6.45) is 5.16. The number of rotatable bonds is 9. The minimum Gasteiger partial charge on any atom is -0.315 e. The van der Waals surface area contributed by atoms with Gasteiger partial charge in [-0.2, -0.15) is 0 Å². The van der Waals surface area contributed by atoms with Crippen molar-refractivity contribution in [1.29, 1.82) is 0 Å². The molecule has 0 saturated carbocycles. The quantitative estimate of drug-likeness (QED) is 0.637. The highest BCUT2D eigenvalue weighted by molar-refractivity contribution is 4.79. The van der Waals surface area contributed by atoms with Gasteiger partial charge in [-0.25, -0.2) is 0 Å². The van der Waals surface area contributed by atoms with Crippen molar-refractivity contribution < 1.29 is 0 Å². The Balaban J connectivity index is 2.30. The van der Waals surface area contributed by atoms with Gasteiger partial charge in [0.1, 0.15) is 0 Å². The van der Waals surface area contributed by atoms with Crippen LogP contribution in [-0.4, -0.2) is 61.7 Å². The molecule has 0 bridgehead atoms. The standard InChI is InChI=1S/C15H33N3/c1-4-7-15(14-16-8-5-2)18-12-10-17(9-6-3)11-13-18/h15-16H,4-14H2,1-3H3. The van der Waals surface area contributed by atoms with Gasteiger partial charge >= 0.3 is 0 Å². The van der Waals surface area contributed by atoms with E-state index in [1.54, 1.807) is 0 Å². The van der Waals surface area contributed by atoms with Crippen molar-refractivity contribution in [2.24, 2.45) is 0 Å². The van der Waals surface area contributed by atoms with Gasteiger partial charge in [-0.3, -0.25) is 4.90 Å². The number of hydrogen-bond donors (Lipinski definition) is 1. The molecule has 0 aromatic carbocycles. The molecule has 1 saturated heterocycles. The molecule has 0 aliphatic carbocycles. The van der Waals surface area contributed by atoms with E-state index in [1.807, 2.05) is 0 Å². The van der Waals surface area contributed by atoms with E-state index in [4.69, 9.17) is 0 Å². The Morgan fingerprint density at radius 3 is 2.22 bits per heavy atom. The number of piperazine rings is 1. The highest BCUT2D eigenvalue weighted by Crippen LogP contribution is 2.11. The molecule has 1 unspecified atom stereocenters. The molecule has 0 aromatic rings. The Bertz CT molecular complexity index is 188. The molecule has 0 radical (unpaired) electrons. The highest BCUT2D eigenvalue weighted by Gasteiger charge is 2.22. The summed E-state index contributed by atoms with van der Waals surface area (Å²) in [4.78, 5) is 5.32. The van der Waals surface area contributed by atoms with Crippen LogP contribution >= 0.6 is 0 Å². The van der Waals surface area contributed by atoms with Crippen LogP contribution < -0.4 is 5.32 Å². The SMILES string of the molecule is CCCNCC(CCC)N1CCN(CCC)CC1. The lowest BCUT2D eigenvalue weighted by molar-refractivity contribution is 0.0911. The molecule has 0 spiro atoms. The van der Waals surface area contributed by atoms with Gasteiger partial charge in [0.05, 0.1) is 0 Å². The summed E-state index contributed by atoms with van der Waals surface area (Å²) in [6, 6.07) is 0.755. The van der Waals surface area contributed by atoms with Crippen LogP contribution in [-0.2, 0) is 0 Å². The monoisotopic (exact) mass is 255 g/mol. The zero-order chi connectivity index (χ0) is 13.2. The lowest BCUT2D eigenvalue weighted by Gasteiger charge is -2.39. The molecule has 18 heavy (non-hydrogen) atoms. The van der Waals surface area contributed by atoms with Crippen molar-refractivity contribution in [2.75, 3.05) is 45.8 Å². The zero-order valence-electron chi connectivity index (χ0n) is 12.7. The van der Waals surface area contributed by atoms with Gasteiger partial charge in [-0.15, -0.1) is 0 Å². The highest BCUT2D eigenvalue weighted by atomic mass is 15.3. The molecule has 1 rings (SSSR count). The first-order valence-corrected chi connectivity index (χ1v) is 7.98. The Labute approximate surface area is 114 Å². The number of nitrogens with one attached hydrogen (secondary N) is 1. The fraction of sp³-hybridized carbons (Fsp3) is 1.00.